The normalized spacial score (nSPS) is 11.4. The van der Waals surface area contributed by atoms with Crippen molar-refractivity contribution in [3.63, 3.8) is 0 Å². The van der Waals surface area contributed by atoms with Gasteiger partial charge >= 0.3 is 11.9 Å². The molecule has 0 aliphatic heterocycles. The predicted octanol–water partition coefficient (Wildman–Crippen LogP) is 19.6. The number of esters is 2. The first-order valence-electron chi connectivity index (χ1n) is 29.7. The summed E-state index contributed by atoms with van der Waals surface area (Å²) in [5.74, 6) is -2.60. The van der Waals surface area contributed by atoms with E-state index in [0.717, 1.165) is 57.8 Å². The molecule has 3 rings (SSSR count). The van der Waals surface area contributed by atoms with E-state index >= 15 is 0 Å². The van der Waals surface area contributed by atoms with Crippen molar-refractivity contribution in [2.45, 2.75) is 290 Å². The minimum atomic E-state index is -0.734. The van der Waals surface area contributed by atoms with Gasteiger partial charge in [0.15, 0.2) is 17.3 Å². The number of benzene rings is 2. The molecule has 1 N–H and O–H groups in total. The van der Waals surface area contributed by atoms with E-state index in [0.29, 0.717) is 24.8 Å². The van der Waals surface area contributed by atoms with Gasteiger partial charge in [0.05, 0.1) is 0 Å². The number of ketones is 1. The van der Waals surface area contributed by atoms with Gasteiger partial charge in [-0.1, -0.05) is 282 Å². The SMILES string of the molecule is CCCCCCCCCCCCCCCC(=O)Oc1c(-c2ccccc2)oc2cc(O)c(C(=O)CCCCCCCCCCCCCCC)c(OC(=O)CCCCCCCCCCCCCCC)c2c1=O. The number of hydrogen-bond acceptors (Lipinski definition) is 8. The fraction of sp³-hybridized carbons (Fsp3) is 0.714. The minimum Gasteiger partial charge on any atom is -0.507 e. The molecular formula is C63H100O8. The number of unbranched alkanes of at least 4 members (excludes halogenated alkanes) is 36. The number of fused-ring (bicyclic) bond motifs is 1. The van der Waals surface area contributed by atoms with Crippen LogP contribution in [0.3, 0.4) is 0 Å². The summed E-state index contributed by atoms with van der Waals surface area (Å²) in [5.41, 5.74) is -0.510. The number of hydrogen-bond donors (Lipinski definition) is 1. The third-order valence-corrected chi connectivity index (χ3v) is 14.3. The number of ether oxygens (including phenoxy) is 2. The number of aromatic hydroxyl groups is 1. The average Bonchev–Trinajstić information content (AvgIpc) is 3.36. The summed E-state index contributed by atoms with van der Waals surface area (Å²) in [4.78, 5) is 56.0. The molecule has 3 aromatic rings. The molecule has 0 spiro atoms. The summed E-state index contributed by atoms with van der Waals surface area (Å²) < 4.78 is 18.3. The van der Waals surface area contributed by atoms with Crippen LogP contribution in [0.4, 0.5) is 0 Å². The van der Waals surface area contributed by atoms with E-state index in [1.165, 1.54) is 179 Å². The zero-order valence-electron chi connectivity index (χ0n) is 45.5. The predicted molar refractivity (Wildman–Crippen MR) is 296 cm³/mol. The lowest BCUT2D eigenvalue weighted by Crippen LogP contribution is -2.19. The van der Waals surface area contributed by atoms with Crippen molar-refractivity contribution >= 4 is 28.7 Å². The highest BCUT2D eigenvalue weighted by Gasteiger charge is 2.29. The van der Waals surface area contributed by atoms with Crippen molar-refractivity contribution in [2.75, 3.05) is 0 Å². The molecule has 1 heterocycles. The van der Waals surface area contributed by atoms with Crippen molar-refractivity contribution in [2.24, 2.45) is 0 Å². The van der Waals surface area contributed by atoms with Gasteiger partial charge < -0.3 is 19.0 Å². The molecular weight excluding hydrogens is 885 g/mol. The molecule has 0 radical (unpaired) electrons. The first-order chi connectivity index (χ1) is 34.8. The van der Waals surface area contributed by atoms with E-state index < -0.39 is 28.9 Å². The maximum absolute atomic E-state index is 14.8. The van der Waals surface area contributed by atoms with Crippen molar-refractivity contribution in [3.8, 4) is 28.6 Å². The lowest BCUT2D eigenvalue weighted by atomic mass is 9.98. The molecule has 8 heteroatoms. The fourth-order valence-corrected chi connectivity index (χ4v) is 9.87. The Balaban J connectivity index is 1.71. The Hall–Kier alpha value is -3.94. The molecule has 0 fully saturated rings. The first-order valence-corrected chi connectivity index (χ1v) is 29.7. The third kappa shape index (κ3) is 26.5. The van der Waals surface area contributed by atoms with Crippen LogP contribution < -0.4 is 14.9 Å². The Morgan fingerprint density at radius 2 is 0.761 bits per heavy atom. The van der Waals surface area contributed by atoms with Gasteiger partial charge in [0.1, 0.15) is 22.3 Å². The Labute approximate surface area is 431 Å². The van der Waals surface area contributed by atoms with Crippen LogP contribution in [0.15, 0.2) is 45.6 Å². The number of phenols is 1. The fourth-order valence-electron chi connectivity index (χ4n) is 9.87. The van der Waals surface area contributed by atoms with Gasteiger partial charge in [-0.05, 0) is 19.3 Å². The Morgan fingerprint density at radius 1 is 0.437 bits per heavy atom. The largest absolute Gasteiger partial charge is 0.507 e. The minimum absolute atomic E-state index is 0.0246. The number of Topliss-reactive ketones (excluding diaryl/α,β-unsaturated/α-hetero) is 1. The monoisotopic (exact) mass is 985 g/mol. The van der Waals surface area contributed by atoms with Crippen LogP contribution >= 0.6 is 0 Å². The van der Waals surface area contributed by atoms with E-state index in [1.807, 2.05) is 6.07 Å². The van der Waals surface area contributed by atoms with Crippen LogP contribution in [0.2, 0.25) is 0 Å². The molecule has 0 aliphatic rings. The van der Waals surface area contributed by atoms with E-state index in [4.69, 9.17) is 13.9 Å². The van der Waals surface area contributed by atoms with Crippen LogP contribution in [-0.4, -0.2) is 22.8 Å². The van der Waals surface area contributed by atoms with Gasteiger partial charge in [0.2, 0.25) is 11.2 Å². The Kier molecular flexibility index (Phi) is 35.0. The smallest absolute Gasteiger partial charge is 0.311 e. The van der Waals surface area contributed by atoms with Gasteiger partial charge in [-0.2, -0.15) is 0 Å². The highest BCUT2D eigenvalue weighted by molar-refractivity contribution is 6.08. The summed E-state index contributed by atoms with van der Waals surface area (Å²) in [6.07, 6.45) is 46.1. The highest BCUT2D eigenvalue weighted by atomic mass is 16.5. The van der Waals surface area contributed by atoms with Crippen molar-refractivity contribution in [1.29, 1.82) is 0 Å². The Morgan fingerprint density at radius 3 is 1.13 bits per heavy atom. The zero-order chi connectivity index (χ0) is 51.0. The van der Waals surface area contributed by atoms with Crippen molar-refractivity contribution < 1.29 is 33.4 Å². The topological polar surface area (TPSA) is 120 Å². The third-order valence-electron chi connectivity index (χ3n) is 14.3. The van der Waals surface area contributed by atoms with Gasteiger partial charge in [0, 0.05) is 30.9 Å². The molecule has 0 aliphatic carbocycles. The van der Waals surface area contributed by atoms with Crippen LogP contribution in [0.1, 0.15) is 301 Å². The quantitative estimate of drug-likeness (QED) is 0.0257. The summed E-state index contributed by atoms with van der Waals surface area (Å²) >= 11 is 0. The van der Waals surface area contributed by atoms with Crippen LogP contribution in [0.25, 0.3) is 22.3 Å². The number of rotatable bonds is 46. The van der Waals surface area contributed by atoms with Gasteiger partial charge in [-0.15, -0.1) is 0 Å². The molecule has 0 amide bonds. The second kappa shape index (κ2) is 40.5. The molecule has 0 saturated carbocycles. The van der Waals surface area contributed by atoms with Crippen LogP contribution in [0.5, 0.6) is 17.2 Å². The molecule has 0 atom stereocenters. The van der Waals surface area contributed by atoms with Gasteiger partial charge in [-0.3, -0.25) is 19.2 Å². The lowest BCUT2D eigenvalue weighted by Gasteiger charge is -2.16. The standard InChI is InChI=1S/C63H100O8/c1-4-7-10-13-16-19-22-25-28-31-34-37-43-48-53(64)58-54(65)51-55-59(62(58)70-56(66)49-44-38-35-32-29-26-23-20-17-14-11-8-5-2)60(68)63(61(69-55)52-46-41-40-42-47-52)71-57(67)50-45-39-36-33-30-27-24-21-18-15-12-9-6-3/h40-42,46-47,51,65H,4-39,43-45,48-50H2,1-3H3. The Bertz CT molecular complexity index is 1910. The zero-order valence-corrected chi connectivity index (χ0v) is 45.5. The molecule has 400 valence electrons. The molecule has 2 aromatic carbocycles. The highest BCUT2D eigenvalue weighted by Crippen LogP contribution is 2.41. The molecule has 0 saturated heterocycles. The van der Waals surface area contributed by atoms with Crippen LogP contribution in [-0.2, 0) is 9.59 Å². The van der Waals surface area contributed by atoms with E-state index in [-0.39, 0.29) is 53.1 Å². The summed E-state index contributed by atoms with van der Waals surface area (Å²) in [7, 11) is 0. The van der Waals surface area contributed by atoms with Crippen LogP contribution in [0, 0.1) is 0 Å². The summed E-state index contributed by atoms with van der Waals surface area (Å²) in [6, 6.07) is 10.2. The van der Waals surface area contributed by atoms with Crippen molar-refractivity contribution in [3.05, 3.63) is 52.2 Å². The second-order valence-electron chi connectivity index (χ2n) is 20.8. The summed E-state index contributed by atoms with van der Waals surface area (Å²) in [5, 5.41) is 11.3. The lowest BCUT2D eigenvalue weighted by molar-refractivity contribution is -0.135. The van der Waals surface area contributed by atoms with E-state index in [9.17, 15) is 24.3 Å². The van der Waals surface area contributed by atoms with Gasteiger partial charge in [-0.25, -0.2) is 0 Å². The first kappa shape index (κ1) is 61.4. The average molecular weight is 985 g/mol. The molecule has 0 unspecified atom stereocenters. The van der Waals surface area contributed by atoms with Gasteiger partial charge in [0.25, 0.3) is 0 Å². The second-order valence-corrected chi connectivity index (χ2v) is 20.8. The number of phenolic OH excluding ortho intramolecular Hbond substituents is 1. The molecule has 8 nitrogen and oxygen atoms in total. The summed E-state index contributed by atoms with van der Waals surface area (Å²) in [6.45, 7) is 6.75. The van der Waals surface area contributed by atoms with E-state index in [2.05, 4.69) is 20.8 Å². The maximum Gasteiger partial charge on any atom is 0.311 e. The molecule has 0 bridgehead atoms. The van der Waals surface area contributed by atoms with Crippen molar-refractivity contribution in [1.82, 2.24) is 0 Å². The number of carbonyl (C=O) groups excluding carboxylic acids is 3. The molecule has 1 aromatic heterocycles. The maximum atomic E-state index is 14.8. The van der Waals surface area contributed by atoms with E-state index in [1.54, 1.807) is 24.3 Å². The number of carbonyl (C=O) groups is 3. The molecule has 71 heavy (non-hydrogen) atoms.